The smallest absolute Gasteiger partial charge is 0.220 e. The van der Waals surface area contributed by atoms with Crippen molar-refractivity contribution in [1.29, 1.82) is 0 Å². The maximum atomic E-state index is 13.4. The van der Waals surface area contributed by atoms with Crippen LogP contribution in [0, 0.1) is 5.82 Å². The fourth-order valence-corrected chi connectivity index (χ4v) is 1.91. The van der Waals surface area contributed by atoms with Crippen molar-refractivity contribution in [1.82, 2.24) is 10.3 Å². The number of carbonyl (C=O) groups is 1. The van der Waals surface area contributed by atoms with E-state index in [-0.39, 0.29) is 11.7 Å². The van der Waals surface area contributed by atoms with E-state index in [2.05, 4.69) is 10.3 Å². The number of carbonyl (C=O) groups excluding carboxylic acids is 1. The Labute approximate surface area is 117 Å². The largest absolute Gasteiger partial charge is 0.356 e. The first-order valence-electron chi connectivity index (χ1n) is 6.66. The Morgan fingerprint density at radius 2 is 1.90 bits per heavy atom. The summed E-state index contributed by atoms with van der Waals surface area (Å²) in [5, 5.41) is 2.80. The van der Waals surface area contributed by atoms with Crippen molar-refractivity contribution in [3.63, 3.8) is 0 Å². The number of aromatic nitrogens is 1. The summed E-state index contributed by atoms with van der Waals surface area (Å²) in [6.07, 6.45) is 3.23. The maximum Gasteiger partial charge on any atom is 0.220 e. The van der Waals surface area contributed by atoms with Gasteiger partial charge in [-0.2, -0.15) is 0 Å². The van der Waals surface area contributed by atoms with Crippen molar-refractivity contribution in [2.75, 3.05) is 6.54 Å². The van der Waals surface area contributed by atoms with Gasteiger partial charge in [0.25, 0.3) is 0 Å². The molecular weight excluding hydrogens is 255 g/mol. The van der Waals surface area contributed by atoms with Crippen molar-refractivity contribution in [3.05, 3.63) is 65.7 Å². The highest BCUT2D eigenvalue weighted by atomic mass is 19.1. The van der Waals surface area contributed by atoms with Crippen LogP contribution >= 0.6 is 0 Å². The van der Waals surface area contributed by atoms with Crippen molar-refractivity contribution >= 4 is 5.91 Å². The number of amides is 1. The first-order valence-corrected chi connectivity index (χ1v) is 6.66. The van der Waals surface area contributed by atoms with Gasteiger partial charge in [-0.1, -0.05) is 24.3 Å². The molecule has 3 nitrogen and oxygen atoms in total. The first-order chi connectivity index (χ1) is 9.75. The van der Waals surface area contributed by atoms with Crippen molar-refractivity contribution in [2.24, 2.45) is 0 Å². The van der Waals surface area contributed by atoms with E-state index in [0.717, 1.165) is 5.69 Å². The van der Waals surface area contributed by atoms with Crippen LogP contribution in [0.4, 0.5) is 4.39 Å². The van der Waals surface area contributed by atoms with Crippen molar-refractivity contribution in [3.8, 4) is 0 Å². The topological polar surface area (TPSA) is 42.0 Å². The first kappa shape index (κ1) is 14.2. The predicted octanol–water partition coefficient (Wildman–Crippen LogP) is 2.51. The lowest BCUT2D eigenvalue weighted by Gasteiger charge is -2.06. The van der Waals surface area contributed by atoms with E-state index in [0.29, 0.717) is 31.4 Å². The third-order valence-corrected chi connectivity index (χ3v) is 3.01. The predicted molar refractivity (Wildman–Crippen MR) is 75.7 cm³/mol. The van der Waals surface area contributed by atoms with E-state index in [1.54, 1.807) is 24.4 Å². The summed E-state index contributed by atoms with van der Waals surface area (Å²) in [6.45, 7) is 0.446. The highest BCUT2D eigenvalue weighted by Crippen LogP contribution is 2.06. The Morgan fingerprint density at radius 1 is 1.10 bits per heavy atom. The summed E-state index contributed by atoms with van der Waals surface area (Å²) in [4.78, 5) is 15.8. The van der Waals surface area contributed by atoms with E-state index in [9.17, 15) is 9.18 Å². The number of nitrogens with one attached hydrogen (secondary N) is 1. The molecule has 0 unspecified atom stereocenters. The van der Waals surface area contributed by atoms with Crippen molar-refractivity contribution in [2.45, 2.75) is 19.3 Å². The fraction of sp³-hybridized carbons (Fsp3) is 0.250. The van der Waals surface area contributed by atoms with E-state index in [4.69, 9.17) is 0 Å². The molecular formula is C16H17FN2O. The number of benzene rings is 1. The molecule has 1 amide bonds. The molecule has 1 N–H and O–H groups in total. The number of hydrogen-bond acceptors (Lipinski definition) is 2. The van der Waals surface area contributed by atoms with Gasteiger partial charge in [0.05, 0.1) is 0 Å². The molecule has 1 heterocycles. The molecule has 0 aliphatic heterocycles. The SMILES string of the molecule is O=C(CCc1ccccn1)NCCc1ccccc1F. The zero-order valence-electron chi connectivity index (χ0n) is 11.2. The van der Waals surface area contributed by atoms with Gasteiger partial charge in [0.1, 0.15) is 5.82 Å². The second-order valence-corrected chi connectivity index (χ2v) is 4.51. The quantitative estimate of drug-likeness (QED) is 0.878. The van der Waals surface area contributed by atoms with Crippen LogP contribution < -0.4 is 5.32 Å². The van der Waals surface area contributed by atoms with E-state index >= 15 is 0 Å². The summed E-state index contributed by atoms with van der Waals surface area (Å²) in [6, 6.07) is 12.3. The van der Waals surface area contributed by atoms with Crippen LogP contribution in [0.25, 0.3) is 0 Å². The molecule has 0 bridgehead atoms. The summed E-state index contributed by atoms with van der Waals surface area (Å²) in [5.41, 5.74) is 1.52. The van der Waals surface area contributed by atoms with Gasteiger partial charge in [-0.25, -0.2) is 4.39 Å². The number of halogens is 1. The lowest BCUT2D eigenvalue weighted by molar-refractivity contribution is -0.121. The van der Waals surface area contributed by atoms with Gasteiger partial charge in [0.2, 0.25) is 5.91 Å². The Kier molecular flexibility index (Phi) is 5.24. The van der Waals surface area contributed by atoms with Crippen LogP contribution in [0.1, 0.15) is 17.7 Å². The summed E-state index contributed by atoms with van der Waals surface area (Å²) >= 11 is 0. The average molecular weight is 272 g/mol. The normalized spacial score (nSPS) is 10.2. The molecule has 0 atom stereocenters. The van der Waals surface area contributed by atoms with Crippen LogP contribution in [0.2, 0.25) is 0 Å². The molecule has 0 saturated carbocycles. The van der Waals surface area contributed by atoms with Gasteiger partial charge in [-0.15, -0.1) is 0 Å². The lowest BCUT2D eigenvalue weighted by atomic mass is 10.1. The number of pyridine rings is 1. The molecule has 2 rings (SSSR count). The molecule has 0 radical (unpaired) electrons. The minimum atomic E-state index is -0.227. The second kappa shape index (κ2) is 7.38. The van der Waals surface area contributed by atoms with Crippen molar-refractivity contribution < 1.29 is 9.18 Å². The summed E-state index contributed by atoms with van der Waals surface area (Å²) in [5.74, 6) is -0.262. The average Bonchev–Trinajstić information content (AvgIpc) is 2.48. The number of hydrogen-bond donors (Lipinski definition) is 1. The number of rotatable bonds is 6. The molecule has 0 aliphatic carbocycles. The zero-order valence-corrected chi connectivity index (χ0v) is 11.2. The Morgan fingerprint density at radius 3 is 2.65 bits per heavy atom. The standard InChI is InChI=1S/C16H17FN2O/c17-15-7-2-1-5-13(15)10-12-19-16(20)9-8-14-6-3-4-11-18-14/h1-7,11H,8-10,12H2,(H,19,20). The van der Waals surface area contributed by atoms with Crippen LogP contribution in [-0.4, -0.2) is 17.4 Å². The van der Waals surface area contributed by atoms with E-state index in [1.165, 1.54) is 6.07 Å². The zero-order chi connectivity index (χ0) is 14.2. The third kappa shape index (κ3) is 4.46. The molecule has 1 aromatic carbocycles. The van der Waals surface area contributed by atoms with Crippen LogP contribution in [0.15, 0.2) is 48.7 Å². The second-order valence-electron chi connectivity index (χ2n) is 4.51. The maximum absolute atomic E-state index is 13.4. The van der Waals surface area contributed by atoms with Crippen LogP contribution in [0.5, 0.6) is 0 Å². The minimum absolute atomic E-state index is 0.0352. The molecule has 0 aliphatic rings. The lowest BCUT2D eigenvalue weighted by Crippen LogP contribution is -2.26. The highest BCUT2D eigenvalue weighted by Gasteiger charge is 2.04. The fourth-order valence-electron chi connectivity index (χ4n) is 1.91. The molecule has 104 valence electrons. The molecule has 0 spiro atoms. The third-order valence-electron chi connectivity index (χ3n) is 3.01. The molecule has 2 aromatic rings. The highest BCUT2D eigenvalue weighted by molar-refractivity contribution is 5.76. The number of nitrogens with zero attached hydrogens (tertiary/aromatic N) is 1. The molecule has 0 saturated heterocycles. The molecule has 0 fully saturated rings. The van der Waals surface area contributed by atoms with Gasteiger partial charge in [0.15, 0.2) is 0 Å². The van der Waals surface area contributed by atoms with E-state index in [1.807, 2.05) is 18.2 Å². The van der Waals surface area contributed by atoms with E-state index < -0.39 is 0 Å². The Balaban J connectivity index is 1.69. The Hall–Kier alpha value is -2.23. The summed E-state index contributed by atoms with van der Waals surface area (Å²) in [7, 11) is 0. The molecule has 4 heteroatoms. The van der Waals surface area contributed by atoms with Gasteiger partial charge >= 0.3 is 0 Å². The monoisotopic (exact) mass is 272 g/mol. The van der Waals surface area contributed by atoms with Gasteiger partial charge in [-0.05, 0) is 36.6 Å². The Bertz CT molecular complexity index is 557. The molecule has 1 aromatic heterocycles. The van der Waals surface area contributed by atoms with Crippen LogP contribution in [0.3, 0.4) is 0 Å². The molecule has 20 heavy (non-hydrogen) atoms. The summed E-state index contributed by atoms with van der Waals surface area (Å²) < 4.78 is 13.4. The number of aryl methyl sites for hydroxylation is 1. The van der Waals surface area contributed by atoms with Gasteiger partial charge in [-0.3, -0.25) is 9.78 Å². The van der Waals surface area contributed by atoms with Gasteiger partial charge in [0, 0.05) is 24.9 Å². The minimum Gasteiger partial charge on any atom is -0.356 e. The van der Waals surface area contributed by atoms with Crippen LogP contribution in [-0.2, 0) is 17.6 Å². The van der Waals surface area contributed by atoms with Gasteiger partial charge < -0.3 is 5.32 Å².